The molecule has 0 saturated heterocycles. The van der Waals surface area contributed by atoms with Crippen LogP contribution in [0.3, 0.4) is 0 Å². The Morgan fingerprint density at radius 3 is 2.14 bits per heavy atom. The molecule has 0 fully saturated rings. The van der Waals surface area contributed by atoms with Crippen LogP contribution in [0.5, 0.6) is 0 Å². The Bertz CT molecular complexity index is 813. The molecule has 12 nitrogen and oxygen atoms in total. The Labute approximate surface area is 220 Å². The minimum atomic E-state index is -1.15. The number of nitrogens with two attached hydrogens (primary N) is 2. The SMILES string of the molecule is CSCCC(N)C(=O)NC(Cc1cnc[nH]1)C(=O)NC(CCSC)C(=O)NC(CCCCN)C(=O)O. The molecule has 204 valence electrons. The Balaban J connectivity index is 2.97. The molecule has 14 heteroatoms. The van der Waals surface area contributed by atoms with Crippen molar-refractivity contribution in [1.82, 2.24) is 25.9 Å². The van der Waals surface area contributed by atoms with Crippen LogP contribution in [0.25, 0.3) is 0 Å². The summed E-state index contributed by atoms with van der Waals surface area (Å²) in [7, 11) is 0. The second-order valence-electron chi connectivity index (χ2n) is 8.26. The van der Waals surface area contributed by atoms with Crippen molar-refractivity contribution < 1.29 is 24.3 Å². The number of aromatic amines is 1. The number of thioether (sulfide) groups is 2. The molecule has 4 unspecified atom stereocenters. The average Bonchev–Trinajstić information content (AvgIpc) is 3.36. The highest BCUT2D eigenvalue weighted by Gasteiger charge is 2.30. The molecule has 0 radical (unpaired) electrons. The van der Waals surface area contributed by atoms with Crippen molar-refractivity contribution in [2.75, 3.05) is 30.6 Å². The lowest BCUT2D eigenvalue weighted by molar-refractivity contribution is -0.142. The van der Waals surface area contributed by atoms with Crippen molar-refractivity contribution in [3.63, 3.8) is 0 Å². The van der Waals surface area contributed by atoms with Gasteiger partial charge in [-0.05, 0) is 62.7 Å². The van der Waals surface area contributed by atoms with E-state index in [1.807, 2.05) is 12.5 Å². The largest absolute Gasteiger partial charge is 0.480 e. The summed E-state index contributed by atoms with van der Waals surface area (Å²) in [4.78, 5) is 57.3. The maximum atomic E-state index is 13.2. The molecule has 1 heterocycles. The van der Waals surface area contributed by atoms with Gasteiger partial charge in [-0.1, -0.05) is 0 Å². The number of aromatic nitrogens is 2. The summed E-state index contributed by atoms with van der Waals surface area (Å²) in [6.07, 6.45) is 9.03. The fraction of sp³-hybridized carbons (Fsp3) is 0.682. The standard InChI is InChI=1S/C22H39N7O5S2/c1-35-9-6-15(24)19(30)29-18(11-14-12-25-13-26-14)21(32)27-16(7-10-36-2)20(31)28-17(22(33)34)5-3-4-8-23/h12-13,15-18H,3-11,23-24H2,1-2H3,(H,25,26)(H,27,32)(H,28,31)(H,29,30)(H,33,34). The van der Waals surface area contributed by atoms with Crippen LogP contribution in [0.2, 0.25) is 0 Å². The monoisotopic (exact) mass is 545 g/mol. The van der Waals surface area contributed by atoms with Crippen molar-refractivity contribution in [2.45, 2.75) is 62.7 Å². The summed E-state index contributed by atoms with van der Waals surface area (Å²) in [5.74, 6) is -1.55. The van der Waals surface area contributed by atoms with Gasteiger partial charge in [0.25, 0.3) is 0 Å². The van der Waals surface area contributed by atoms with Crippen LogP contribution in [-0.4, -0.2) is 93.5 Å². The number of nitrogens with zero attached hydrogens (tertiary/aromatic N) is 1. The molecule has 9 N–H and O–H groups in total. The molecule has 0 aliphatic heterocycles. The number of carboxylic acid groups (broad SMARTS) is 1. The Kier molecular flexibility index (Phi) is 15.9. The summed E-state index contributed by atoms with van der Waals surface area (Å²) >= 11 is 3.05. The first-order valence-corrected chi connectivity index (χ1v) is 14.6. The van der Waals surface area contributed by atoms with Crippen molar-refractivity contribution in [1.29, 1.82) is 0 Å². The number of rotatable bonds is 19. The maximum Gasteiger partial charge on any atom is 0.326 e. The van der Waals surface area contributed by atoms with E-state index in [1.165, 1.54) is 24.3 Å². The van der Waals surface area contributed by atoms with Gasteiger partial charge in [0, 0.05) is 18.3 Å². The molecule has 3 amide bonds. The number of carbonyl (C=O) groups is 4. The van der Waals surface area contributed by atoms with Gasteiger partial charge in [-0.2, -0.15) is 23.5 Å². The van der Waals surface area contributed by atoms with Gasteiger partial charge in [0.15, 0.2) is 0 Å². The second kappa shape index (κ2) is 18.0. The van der Waals surface area contributed by atoms with Crippen molar-refractivity contribution in [3.05, 3.63) is 18.2 Å². The van der Waals surface area contributed by atoms with Crippen molar-refractivity contribution in [3.8, 4) is 0 Å². The number of amides is 3. The summed E-state index contributed by atoms with van der Waals surface area (Å²) in [6, 6.07) is -3.86. The van der Waals surface area contributed by atoms with E-state index in [1.54, 1.807) is 11.8 Å². The Morgan fingerprint density at radius 1 is 0.944 bits per heavy atom. The number of hydrogen-bond acceptors (Lipinski definition) is 9. The van der Waals surface area contributed by atoms with E-state index < -0.39 is 47.9 Å². The molecule has 0 spiro atoms. The predicted molar refractivity (Wildman–Crippen MR) is 143 cm³/mol. The van der Waals surface area contributed by atoms with E-state index in [-0.39, 0.29) is 19.3 Å². The number of carboxylic acids is 1. The first-order valence-electron chi connectivity index (χ1n) is 11.8. The summed E-state index contributed by atoms with van der Waals surface area (Å²) in [5.41, 5.74) is 12.1. The third kappa shape index (κ3) is 12.1. The van der Waals surface area contributed by atoms with E-state index in [0.29, 0.717) is 43.0 Å². The van der Waals surface area contributed by atoms with Crippen LogP contribution in [0.1, 0.15) is 37.8 Å². The van der Waals surface area contributed by atoms with Gasteiger partial charge < -0.3 is 37.5 Å². The molecule has 0 saturated carbocycles. The van der Waals surface area contributed by atoms with Gasteiger partial charge in [0.2, 0.25) is 17.7 Å². The summed E-state index contributed by atoms with van der Waals surface area (Å²) < 4.78 is 0. The van der Waals surface area contributed by atoms with Gasteiger partial charge in [-0.25, -0.2) is 9.78 Å². The molecule has 0 aromatic carbocycles. The fourth-order valence-corrected chi connectivity index (χ4v) is 4.24. The number of hydrogen-bond donors (Lipinski definition) is 7. The number of H-pyrrole nitrogens is 1. The Morgan fingerprint density at radius 2 is 1.56 bits per heavy atom. The lowest BCUT2D eigenvalue weighted by Crippen LogP contribution is -2.57. The van der Waals surface area contributed by atoms with E-state index in [0.717, 1.165) is 0 Å². The highest BCUT2D eigenvalue weighted by Crippen LogP contribution is 2.07. The molecule has 1 rings (SSSR count). The third-order valence-electron chi connectivity index (χ3n) is 5.39. The van der Waals surface area contributed by atoms with Crippen LogP contribution in [-0.2, 0) is 25.6 Å². The number of carbonyl (C=O) groups excluding carboxylic acids is 3. The number of unbranched alkanes of at least 4 members (excludes halogenated alkanes) is 1. The topological polar surface area (TPSA) is 205 Å². The molecule has 4 atom stereocenters. The average molecular weight is 546 g/mol. The van der Waals surface area contributed by atoms with E-state index in [2.05, 4.69) is 25.9 Å². The molecule has 36 heavy (non-hydrogen) atoms. The van der Waals surface area contributed by atoms with E-state index in [9.17, 15) is 24.3 Å². The minimum Gasteiger partial charge on any atom is -0.480 e. The molecule has 0 bridgehead atoms. The number of nitrogens with one attached hydrogen (secondary N) is 4. The van der Waals surface area contributed by atoms with Crippen LogP contribution < -0.4 is 27.4 Å². The lowest BCUT2D eigenvalue weighted by Gasteiger charge is -2.25. The molecular formula is C22H39N7O5S2. The predicted octanol–water partition coefficient (Wildman–Crippen LogP) is -0.546. The molecule has 0 aliphatic rings. The Hall–Kier alpha value is -2.29. The summed E-state index contributed by atoms with van der Waals surface area (Å²) in [5, 5.41) is 17.4. The highest BCUT2D eigenvalue weighted by atomic mass is 32.2. The highest BCUT2D eigenvalue weighted by molar-refractivity contribution is 7.98. The summed E-state index contributed by atoms with van der Waals surface area (Å²) in [6.45, 7) is 0.428. The molecular weight excluding hydrogens is 506 g/mol. The quantitative estimate of drug-likeness (QED) is 0.110. The van der Waals surface area contributed by atoms with Gasteiger partial charge >= 0.3 is 5.97 Å². The van der Waals surface area contributed by atoms with Gasteiger partial charge in [0.05, 0.1) is 12.4 Å². The zero-order valence-electron chi connectivity index (χ0n) is 20.8. The molecule has 1 aromatic rings. The number of imidazole rings is 1. The zero-order chi connectivity index (χ0) is 26.9. The number of aliphatic carboxylic acids is 1. The van der Waals surface area contributed by atoms with Crippen LogP contribution >= 0.6 is 23.5 Å². The molecule has 1 aromatic heterocycles. The first kappa shape index (κ1) is 31.7. The van der Waals surface area contributed by atoms with Crippen molar-refractivity contribution >= 4 is 47.2 Å². The maximum absolute atomic E-state index is 13.2. The fourth-order valence-electron chi connectivity index (χ4n) is 3.28. The third-order valence-corrected chi connectivity index (χ3v) is 6.67. The van der Waals surface area contributed by atoms with E-state index in [4.69, 9.17) is 11.5 Å². The normalized spacial score (nSPS) is 14.3. The second-order valence-corrected chi connectivity index (χ2v) is 10.2. The smallest absolute Gasteiger partial charge is 0.326 e. The minimum absolute atomic E-state index is 0.112. The van der Waals surface area contributed by atoms with Crippen molar-refractivity contribution in [2.24, 2.45) is 11.5 Å². The first-order chi connectivity index (χ1) is 17.2. The van der Waals surface area contributed by atoms with Crippen LogP contribution in [0.15, 0.2) is 12.5 Å². The zero-order valence-corrected chi connectivity index (χ0v) is 22.5. The van der Waals surface area contributed by atoms with Crippen LogP contribution in [0, 0.1) is 0 Å². The van der Waals surface area contributed by atoms with Gasteiger partial charge in [0.1, 0.15) is 18.1 Å². The van der Waals surface area contributed by atoms with E-state index >= 15 is 0 Å². The van der Waals surface area contributed by atoms with Gasteiger partial charge in [-0.15, -0.1) is 0 Å². The molecule has 0 aliphatic carbocycles. The van der Waals surface area contributed by atoms with Crippen LogP contribution in [0.4, 0.5) is 0 Å². The van der Waals surface area contributed by atoms with Gasteiger partial charge in [-0.3, -0.25) is 14.4 Å². The lowest BCUT2D eigenvalue weighted by atomic mass is 10.1.